The van der Waals surface area contributed by atoms with E-state index in [2.05, 4.69) is 52.6 Å². The number of fused-ring (bicyclic) bond motifs is 3. The van der Waals surface area contributed by atoms with E-state index in [1.54, 1.807) is 6.92 Å². The summed E-state index contributed by atoms with van der Waals surface area (Å²) in [6.07, 6.45) is 9.54. The lowest BCUT2D eigenvalue weighted by Crippen LogP contribution is -2.63. The molecule has 0 bridgehead atoms. The molecule has 41 heavy (non-hydrogen) atoms. The molecule has 232 valence electrons. The monoisotopic (exact) mass is 573 g/mol. The number of unbranched alkanes of at least 4 members (excludes halogenated alkanes) is 5. The molecule has 0 aromatic rings. The van der Waals surface area contributed by atoms with Crippen molar-refractivity contribution >= 4 is 12.1 Å². The molecule has 10 unspecified atom stereocenters. The highest BCUT2D eigenvalue weighted by Crippen LogP contribution is 2.63. The first kappa shape index (κ1) is 32.1. The molecular formula is C34H55NO6. The van der Waals surface area contributed by atoms with Gasteiger partial charge in [-0.1, -0.05) is 78.0 Å². The Morgan fingerprint density at radius 2 is 1.85 bits per heavy atom. The van der Waals surface area contributed by atoms with Crippen LogP contribution in [0.1, 0.15) is 106 Å². The quantitative estimate of drug-likeness (QED) is 0.169. The van der Waals surface area contributed by atoms with Crippen molar-refractivity contribution in [3.63, 3.8) is 0 Å². The van der Waals surface area contributed by atoms with E-state index in [1.165, 1.54) is 31.3 Å². The second kappa shape index (κ2) is 12.8. The van der Waals surface area contributed by atoms with E-state index in [-0.39, 0.29) is 41.3 Å². The molecule has 1 heterocycles. The second-order valence-electron chi connectivity index (χ2n) is 14.3. The smallest absolute Gasteiger partial charge is 0.407 e. The number of nitrogens with one attached hydrogen (secondary N) is 1. The van der Waals surface area contributed by atoms with Gasteiger partial charge in [0.1, 0.15) is 17.8 Å². The number of carbonyl (C=O) groups excluding carboxylic acids is 2. The summed E-state index contributed by atoms with van der Waals surface area (Å²) in [6.45, 7) is 18.0. The van der Waals surface area contributed by atoms with Crippen LogP contribution in [0.3, 0.4) is 0 Å². The lowest BCUT2D eigenvalue weighted by molar-refractivity contribution is -0.209. The van der Waals surface area contributed by atoms with Crippen LogP contribution >= 0.6 is 0 Å². The number of rotatable bonds is 9. The van der Waals surface area contributed by atoms with Gasteiger partial charge in [0.25, 0.3) is 0 Å². The lowest BCUT2D eigenvalue weighted by Gasteiger charge is -2.54. The molecule has 4 aliphatic rings. The summed E-state index contributed by atoms with van der Waals surface area (Å²) in [6, 6.07) is 0. The Hall–Kier alpha value is -1.86. The highest BCUT2D eigenvalue weighted by Gasteiger charge is 2.62. The highest BCUT2D eigenvalue weighted by molar-refractivity contribution is 5.78. The van der Waals surface area contributed by atoms with Gasteiger partial charge in [-0.3, -0.25) is 0 Å². The number of carbonyl (C=O) groups is 2. The number of allylic oxidation sites excluding steroid dienone is 2. The van der Waals surface area contributed by atoms with E-state index in [1.807, 2.05) is 0 Å². The molecule has 3 N–H and O–H groups in total. The highest BCUT2D eigenvalue weighted by atomic mass is 16.6. The summed E-state index contributed by atoms with van der Waals surface area (Å²) < 4.78 is 11.6. The van der Waals surface area contributed by atoms with Crippen molar-refractivity contribution in [2.24, 2.45) is 40.9 Å². The minimum absolute atomic E-state index is 0.0334. The first-order chi connectivity index (χ1) is 19.3. The number of cyclic esters (lactones) is 1. The maximum absolute atomic E-state index is 12.9. The van der Waals surface area contributed by atoms with Crippen LogP contribution in [0.4, 0.5) is 4.79 Å². The number of aliphatic hydroxyl groups excluding tert-OH is 1. The summed E-state index contributed by atoms with van der Waals surface area (Å²) in [5, 5.41) is 26.0. The summed E-state index contributed by atoms with van der Waals surface area (Å²) in [5.74, 6) is -0.446. The predicted octanol–water partition coefficient (Wildman–Crippen LogP) is 6.33. The van der Waals surface area contributed by atoms with Crippen molar-refractivity contribution in [1.29, 1.82) is 0 Å². The van der Waals surface area contributed by atoms with E-state index in [0.717, 1.165) is 32.1 Å². The Morgan fingerprint density at radius 3 is 2.54 bits per heavy atom. The Kier molecular flexibility index (Phi) is 10.0. The molecule has 0 spiro atoms. The van der Waals surface area contributed by atoms with Crippen molar-refractivity contribution in [3.05, 3.63) is 23.8 Å². The van der Waals surface area contributed by atoms with Gasteiger partial charge >= 0.3 is 12.1 Å². The SMILES string of the molecule is C=C1C2CC3C(C(C)C)C(OC(=O)NCCCCCCCC)CC3(C)CC2C(C)=CCC2C(C)OC(=O)C(O)C12O. The molecular weight excluding hydrogens is 518 g/mol. The zero-order chi connectivity index (χ0) is 30.1. The van der Waals surface area contributed by atoms with Crippen LogP contribution in [0.15, 0.2) is 23.8 Å². The molecule has 10 atom stereocenters. The molecule has 0 radical (unpaired) electrons. The average Bonchev–Trinajstić information content (AvgIpc) is 3.20. The van der Waals surface area contributed by atoms with Crippen LogP contribution in [0.25, 0.3) is 0 Å². The fourth-order valence-electron chi connectivity index (χ4n) is 9.00. The summed E-state index contributed by atoms with van der Waals surface area (Å²) in [4.78, 5) is 25.5. The van der Waals surface area contributed by atoms with Crippen molar-refractivity contribution in [2.75, 3.05) is 6.54 Å². The summed E-state index contributed by atoms with van der Waals surface area (Å²) >= 11 is 0. The molecule has 7 heteroatoms. The lowest BCUT2D eigenvalue weighted by atomic mass is 9.53. The second-order valence-corrected chi connectivity index (χ2v) is 14.3. The van der Waals surface area contributed by atoms with Crippen LogP contribution in [-0.4, -0.2) is 52.7 Å². The van der Waals surface area contributed by atoms with Crippen molar-refractivity contribution < 1.29 is 29.3 Å². The first-order valence-electron chi connectivity index (χ1n) is 16.3. The third kappa shape index (κ3) is 6.13. The Labute approximate surface area is 247 Å². The minimum Gasteiger partial charge on any atom is -0.460 e. The van der Waals surface area contributed by atoms with Gasteiger partial charge in [-0.05, 0) is 80.6 Å². The molecule has 1 amide bonds. The number of hydrogen-bond donors (Lipinski definition) is 3. The normalized spacial score (nSPS) is 40.5. The zero-order valence-electron chi connectivity index (χ0n) is 26.3. The van der Waals surface area contributed by atoms with Gasteiger partial charge in [-0.15, -0.1) is 0 Å². The molecule has 1 aliphatic heterocycles. The molecule has 7 nitrogen and oxygen atoms in total. The van der Waals surface area contributed by atoms with Crippen LogP contribution in [0.2, 0.25) is 0 Å². The topological polar surface area (TPSA) is 105 Å². The van der Waals surface area contributed by atoms with E-state index >= 15 is 0 Å². The number of hydrogen-bond acceptors (Lipinski definition) is 6. The maximum Gasteiger partial charge on any atom is 0.407 e. The number of esters is 1. The number of ether oxygens (including phenoxy) is 2. The fraction of sp³-hybridized carbons (Fsp3) is 0.824. The molecule has 3 aliphatic carbocycles. The van der Waals surface area contributed by atoms with Gasteiger partial charge in [0.15, 0.2) is 6.10 Å². The van der Waals surface area contributed by atoms with Gasteiger partial charge in [-0.25, -0.2) is 9.59 Å². The van der Waals surface area contributed by atoms with E-state index < -0.39 is 29.7 Å². The minimum atomic E-state index is -1.74. The van der Waals surface area contributed by atoms with Gasteiger partial charge in [0, 0.05) is 18.4 Å². The average molecular weight is 574 g/mol. The zero-order valence-corrected chi connectivity index (χ0v) is 26.3. The van der Waals surface area contributed by atoms with Crippen LogP contribution in [-0.2, 0) is 14.3 Å². The van der Waals surface area contributed by atoms with Gasteiger partial charge in [-0.2, -0.15) is 0 Å². The fourth-order valence-corrected chi connectivity index (χ4v) is 9.00. The predicted molar refractivity (Wildman–Crippen MR) is 160 cm³/mol. The van der Waals surface area contributed by atoms with E-state index in [4.69, 9.17) is 9.47 Å². The first-order valence-corrected chi connectivity index (χ1v) is 16.3. The maximum atomic E-state index is 12.9. The summed E-state index contributed by atoms with van der Waals surface area (Å²) in [5.41, 5.74) is 0.0509. The third-order valence-corrected chi connectivity index (χ3v) is 11.3. The molecule has 2 saturated carbocycles. The summed E-state index contributed by atoms with van der Waals surface area (Å²) in [7, 11) is 0. The Bertz CT molecular complexity index is 1010. The molecule has 4 rings (SSSR count). The van der Waals surface area contributed by atoms with Crippen molar-refractivity contribution in [1.82, 2.24) is 5.32 Å². The molecule has 0 aromatic heterocycles. The van der Waals surface area contributed by atoms with Gasteiger partial charge < -0.3 is 25.0 Å². The standard InChI is InChI=1S/C34H55NO6/c1-8-9-10-11-12-13-16-35-32(38)41-28-19-33(7)18-25-21(4)14-15-26-23(6)40-31(37)30(36)34(26,39)22(5)24(25)17-27(33)29(28)20(2)3/h14,20,23-30,36,39H,5,8-13,15-19H2,1-4,6-7H3,(H,35,38). The van der Waals surface area contributed by atoms with E-state index in [9.17, 15) is 19.8 Å². The Morgan fingerprint density at radius 1 is 1.17 bits per heavy atom. The molecule has 1 saturated heterocycles. The van der Waals surface area contributed by atoms with Crippen LogP contribution < -0.4 is 5.32 Å². The third-order valence-electron chi connectivity index (χ3n) is 11.3. The van der Waals surface area contributed by atoms with Crippen molar-refractivity contribution in [3.8, 4) is 0 Å². The van der Waals surface area contributed by atoms with Crippen LogP contribution in [0, 0.1) is 40.9 Å². The largest absolute Gasteiger partial charge is 0.460 e. The molecule has 3 fully saturated rings. The van der Waals surface area contributed by atoms with Crippen LogP contribution in [0.5, 0.6) is 0 Å². The van der Waals surface area contributed by atoms with Crippen molar-refractivity contribution in [2.45, 2.75) is 130 Å². The molecule has 0 aromatic carbocycles. The van der Waals surface area contributed by atoms with Gasteiger partial charge in [0.2, 0.25) is 0 Å². The Balaban J connectivity index is 1.51. The van der Waals surface area contributed by atoms with E-state index in [0.29, 0.717) is 24.5 Å². The number of aliphatic hydroxyl groups is 2. The number of amides is 1. The number of alkyl carbamates (subject to hydrolysis) is 1. The van der Waals surface area contributed by atoms with Gasteiger partial charge in [0.05, 0.1) is 0 Å².